The fourth-order valence-electron chi connectivity index (χ4n) is 13.5. The van der Waals surface area contributed by atoms with Crippen LogP contribution < -0.4 is 5.32 Å². The van der Waals surface area contributed by atoms with Crippen molar-refractivity contribution in [1.29, 1.82) is 0 Å². The van der Waals surface area contributed by atoms with Crippen molar-refractivity contribution < 1.29 is 24.2 Å². The Bertz CT molecular complexity index is 1300. The topological polar surface area (TPSA) is 89.9 Å². The molecule has 7 rings (SSSR count). The molecule has 6 nitrogen and oxygen atoms in total. The Morgan fingerprint density at radius 1 is 1.04 bits per heavy atom. The average Bonchev–Trinajstić information content (AvgIpc) is 3.53. The lowest BCUT2D eigenvalue weighted by molar-refractivity contribution is -0.175. The van der Waals surface area contributed by atoms with Crippen molar-refractivity contribution in [1.82, 2.24) is 10.2 Å². The molecule has 3 N–H and O–H groups in total. The van der Waals surface area contributed by atoms with Crippen molar-refractivity contribution in [2.24, 2.45) is 51.8 Å². The molecule has 6 aliphatic carbocycles. The van der Waals surface area contributed by atoms with Gasteiger partial charge in [-0.1, -0.05) is 52.3 Å². The molecule has 0 spiro atoms. The number of fused-ring (bicyclic) bond motifs is 7. The van der Waals surface area contributed by atoms with Crippen LogP contribution in [0.1, 0.15) is 118 Å². The number of hydrogen-bond donors (Lipinski definition) is 3. The molecule has 288 valence electrons. The van der Waals surface area contributed by atoms with Crippen molar-refractivity contribution in [2.45, 2.75) is 130 Å². The molecular formula is C43H69FN2O4S. The van der Waals surface area contributed by atoms with Gasteiger partial charge in [0.25, 0.3) is 6.47 Å². The van der Waals surface area contributed by atoms with Crippen LogP contribution in [0.4, 0.5) is 4.39 Å². The first kappa shape index (κ1) is 40.5. The van der Waals surface area contributed by atoms with Crippen molar-refractivity contribution in [2.75, 3.05) is 37.8 Å². The lowest BCUT2D eigenvalue weighted by Crippen LogP contribution is -2.64. The molecule has 0 bridgehead atoms. The fourth-order valence-corrected chi connectivity index (χ4v) is 14.6. The van der Waals surface area contributed by atoms with E-state index >= 15 is 0 Å². The van der Waals surface area contributed by atoms with Gasteiger partial charge in [-0.2, -0.15) is 11.8 Å². The monoisotopic (exact) mass is 728 g/mol. The number of thioether (sulfide) groups is 1. The highest BCUT2D eigenvalue weighted by atomic mass is 32.2. The van der Waals surface area contributed by atoms with E-state index < -0.39 is 5.97 Å². The Kier molecular flexibility index (Phi) is 13.4. The van der Waals surface area contributed by atoms with Gasteiger partial charge in [0, 0.05) is 36.7 Å². The number of carboxylic acids is 1. The van der Waals surface area contributed by atoms with E-state index in [-0.39, 0.29) is 36.1 Å². The van der Waals surface area contributed by atoms with Crippen molar-refractivity contribution in [3.05, 3.63) is 36.0 Å². The fraction of sp³-hybridized carbons (Fsp3) is 0.814. The largest absolute Gasteiger partial charge is 0.483 e. The van der Waals surface area contributed by atoms with Gasteiger partial charge in [0.2, 0.25) is 0 Å². The first-order valence-corrected chi connectivity index (χ1v) is 21.4. The molecule has 4 saturated carbocycles. The summed E-state index contributed by atoms with van der Waals surface area (Å²) < 4.78 is 13.4. The van der Waals surface area contributed by atoms with Crippen LogP contribution in [-0.2, 0) is 9.59 Å². The zero-order valence-electron chi connectivity index (χ0n) is 32.4. The average molecular weight is 729 g/mol. The lowest BCUT2D eigenvalue weighted by atomic mass is 9.37. The van der Waals surface area contributed by atoms with E-state index in [1.807, 2.05) is 6.92 Å². The van der Waals surface area contributed by atoms with E-state index in [0.29, 0.717) is 10.8 Å². The molecule has 1 aliphatic heterocycles. The highest BCUT2D eigenvalue weighted by Gasteiger charge is 2.65. The number of halogens is 1. The zero-order chi connectivity index (χ0) is 37.0. The summed E-state index contributed by atoms with van der Waals surface area (Å²) in [5, 5.41) is 20.8. The summed E-state index contributed by atoms with van der Waals surface area (Å²) in [4.78, 5) is 22.5. The molecule has 10 atom stereocenters. The van der Waals surface area contributed by atoms with Crippen LogP contribution in [0.3, 0.4) is 0 Å². The summed E-state index contributed by atoms with van der Waals surface area (Å²) in [5.74, 6) is 5.34. The maximum absolute atomic E-state index is 13.4. The molecule has 10 unspecified atom stereocenters. The minimum atomic E-state index is -0.654. The summed E-state index contributed by atoms with van der Waals surface area (Å²) in [6.07, 6.45) is 23.3. The summed E-state index contributed by atoms with van der Waals surface area (Å²) in [6, 6.07) is -0.325. The molecule has 1 saturated heterocycles. The Hall–Kier alpha value is -1.64. The number of hydrogen-bond acceptors (Lipinski definition) is 5. The molecule has 8 heteroatoms. The molecule has 51 heavy (non-hydrogen) atoms. The third-order valence-corrected chi connectivity index (χ3v) is 16.6. The van der Waals surface area contributed by atoms with E-state index in [4.69, 9.17) is 9.90 Å². The van der Waals surface area contributed by atoms with Crippen LogP contribution in [0.2, 0.25) is 0 Å². The van der Waals surface area contributed by atoms with Gasteiger partial charge in [-0.3, -0.25) is 18.9 Å². The second-order valence-corrected chi connectivity index (χ2v) is 19.3. The molecular weight excluding hydrogens is 660 g/mol. The number of carbonyl (C=O) groups is 2. The van der Waals surface area contributed by atoms with Crippen LogP contribution in [0.25, 0.3) is 0 Å². The quantitative estimate of drug-likeness (QED) is 0.178. The number of aliphatic carboxylic acids is 1. The van der Waals surface area contributed by atoms with Crippen LogP contribution in [-0.4, -0.2) is 76.9 Å². The molecule has 5 fully saturated rings. The molecule has 0 aromatic carbocycles. The highest BCUT2D eigenvalue weighted by Crippen LogP contribution is 2.72. The molecule has 0 aromatic heterocycles. The minimum Gasteiger partial charge on any atom is -0.483 e. The maximum Gasteiger partial charge on any atom is 0.321 e. The summed E-state index contributed by atoms with van der Waals surface area (Å²) in [6.45, 7) is 18.0. The highest BCUT2D eigenvalue weighted by molar-refractivity contribution is 7.99. The van der Waals surface area contributed by atoms with Gasteiger partial charge in [-0.15, -0.1) is 6.58 Å². The molecule has 0 radical (unpaired) electrons. The van der Waals surface area contributed by atoms with Crippen LogP contribution >= 0.6 is 11.8 Å². The summed E-state index contributed by atoms with van der Waals surface area (Å²) in [5.41, 5.74) is 4.40. The normalized spacial score (nSPS) is 41.3. The summed E-state index contributed by atoms with van der Waals surface area (Å²) in [7, 11) is 0. The first-order valence-electron chi connectivity index (χ1n) is 20.3. The van der Waals surface area contributed by atoms with E-state index in [1.54, 1.807) is 29.0 Å². The van der Waals surface area contributed by atoms with Crippen LogP contribution in [0.5, 0.6) is 0 Å². The second kappa shape index (κ2) is 16.8. The minimum absolute atomic E-state index is 0.168. The van der Waals surface area contributed by atoms with Gasteiger partial charge in [0.05, 0.1) is 6.67 Å². The number of rotatable bonds is 7. The van der Waals surface area contributed by atoms with Gasteiger partial charge >= 0.3 is 5.97 Å². The third-order valence-electron chi connectivity index (χ3n) is 15.6. The number of allylic oxidation sites excluding steroid dienone is 5. The molecule has 0 aromatic rings. The van der Waals surface area contributed by atoms with E-state index in [0.717, 1.165) is 80.0 Å². The Labute approximate surface area is 312 Å². The molecule has 1 heterocycles. The zero-order valence-corrected chi connectivity index (χ0v) is 33.3. The second-order valence-electron chi connectivity index (χ2n) is 18.2. The maximum atomic E-state index is 13.4. The Balaban J connectivity index is 0.000000787. The first-order chi connectivity index (χ1) is 24.4. The van der Waals surface area contributed by atoms with Gasteiger partial charge in [-0.05, 0) is 147 Å². The predicted molar refractivity (Wildman–Crippen MR) is 209 cm³/mol. The van der Waals surface area contributed by atoms with Gasteiger partial charge < -0.3 is 15.5 Å². The van der Waals surface area contributed by atoms with Gasteiger partial charge in [0.1, 0.15) is 6.04 Å². The van der Waals surface area contributed by atoms with Gasteiger partial charge in [0.15, 0.2) is 0 Å². The SMILES string of the molecule is C=CC.CC1(C)C(C2=CCC(CF)CC2)=CCC2(C)C1CCC1(C)C3CCC4(NCCN5CCSCC5C(=O)O)CCCC4C3CCC12.O=CO. The van der Waals surface area contributed by atoms with Crippen molar-refractivity contribution in [3.8, 4) is 0 Å². The van der Waals surface area contributed by atoms with Gasteiger partial charge in [-0.25, -0.2) is 0 Å². The Morgan fingerprint density at radius 3 is 2.45 bits per heavy atom. The Morgan fingerprint density at radius 2 is 1.78 bits per heavy atom. The predicted octanol–water partition coefficient (Wildman–Crippen LogP) is 9.42. The van der Waals surface area contributed by atoms with Crippen LogP contribution in [0.15, 0.2) is 36.0 Å². The number of carboxylic acid groups (broad SMARTS) is 2. The smallest absolute Gasteiger partial charge is 0.321 e. The van der Waals surface area contributed by atoms with E-state index in [2.05, 4.69) is 56.6 Å². The van der Waals surface area contributed by atoms with Crippen LogP contribution in [0, 0.1) is 51.8 Å². The van der Waals surface area contributed by atoms with E-state index in [9.17, 15) is 14.3 Å². The third kappa shape index (κ3) is 7.68. The molecule has 7 aliphatic rings. The van der Waals surface area contributed by atoms with Crippen molar-refractivity contribution >= 4 is 24.2 Å². The number of alkyl halides is 1. The standard InChI is InChI=1S/C39H61FN2O2S.C3H6.CH2O2/c1-36(2)29(27-9-7-26(24-40)8-10-27)13-17-38(4)33(36)15-18-37(3)30-14-19-39(16-5-6-31(39)28(30)11-12-34(37)38)41-20-21-42-22-23-45-25-32(42)35(43)44;1-3-2;2-1-3/h9,13,26,28,30-34,41H,5-8,10-12,14-25H2,1-4H3,(H,43,44);3H,1H2,2H3;1H,(H,2,3). The molecule has 0 amide bonds. The van der Waals surface area contributed by atoms with E-state index in [1.165, 1.54) is 64.2 Å². The van der Waals surface area contributed by atoms with Crippen molar-refractivity contribution in [3.63, 3.8) is 0 Å². The lowest BCUT2D eigenvalue weighted by Gasteiger charge is -2.68. The summed E-state index contributed by atoms with van der Waals surface area (Å²) >= 11 is 1.79. The number of nitrogens with one attached hydrogen (secondary N) is 1. The number of nitrogens with zero attached hydrogens (tertiary/aromatic N) is 1.